The Labute approximate surface area is 193 Å². The maximum Gasteiger partial charge on any atom is 0.325 e. The molecule has 0 radical (unpaired) electrons. The van der Waals surface area contributed by atoms with E-state index >= 15 is 0 Å². The maximum absolute atomic E-state index is 13.6. The van der Waals surface area contributed by atoms with Crippen LogP contribution >= 0.6 is 0 Å². The van der Waals surface area contributed by atoms with E-state index in [2.05, 4.69) is 10.6 Å². The molecule has 0 aromatic heterocycles. The van der Waals surface area contributed by atoms with E-state index in [1.54, 1.807) is 0 Å². The lowest BCUT2D eigenvalue weighted by molar-refractivity contribution is -0.135. The third-order valence-corrected chi connectivity index (χ3v) is 5.86. The van der Waals surface area contributed by atoms with Gasteiger partial charge in [-0.05, 0) is 29.5 Å². The Bertz CT molecular complexity index is 1100. The first-order valence-corrected chi connectivity index (χ1v) is 11.1. The van der Waals surface area contributed by atoms with Gasteiger partial charge in [-0.25, -0.2) is 4.79 Å². The van der Waals surface area contributed by atoms with Gasteiger partial charge in [-0.15, -0.1) is 0 Å². The number of aryl methyl sites for hydroxylation is 1. The third-order valence-electron chi connectivity index (χ3n) is 5.86. The molecule has 1 aliphatic heterocycles. The minimum Gasteiger partial charge on any atom is -0.355 e. The fourth-order valence-corrected chi connectivity index (χ4v) is 4.18. The SMILES string of the molecule is O=C(CN1C(=O)N[C@](Cc2ccccc2)(c2ccccc2)C1=O)NCCCc1ccccc1. The Hall–Kier alpha value is -3.93. The molecule has 3 aromatic carbocycles. The first-order chi connectivity index (χ1) is 16.1. The van der Waals surface area contributed by atoms with E-state index in [1.165, 1.54) is 5.56 Å². The van der Waals surface area contributed by atoms with Crippen LogP contribution in [-0.2, 0) is 28.0 Å². The van der Waals surface area contributed by atoms with E-state index in [1.807, 2.05) is 91.0 Å². The Morgan fingerprint density at radius 1 is 0.818 bits per heavy atom. The number of urea groups is 1. The predicted molar refractivity (Wildman–Crippen MR) is 126 cm³/mol. The summed E-state index contributed by atoms with van der Waals surface area (Å²) < 4.78 is 0. The summed E-state index contributed by atoms with van der Waals surface area (Å²) in [4.78, 5) is 39.9. The van der Waals surface area contributed by atoms with Crippen LogP contribution in [0.15, 0.2) is 91.0 Å². The van der Waals surface area contributed by atoms with Crippen LogP contribution in [0.25, 0.3) is 0 Å². The Morgan fingerprint density at radius 2 is 1.39 bits per heavy atom. The zero-order valence-electron chi connectivity index (χ0n) is 18.4. The number of hydrogen-bond acceptors (Lipinski definition) is 3. The number of carbonyl (C=O) groups is 3. The Kier molecular flexibility index (Phi) is 6.83. The molecule has 168 valence electrons. The van der Waals surface area contributed by atoms with E-state index in [9.17, 15) is 14.4 Å². The van der Waals surface area contributed by atoms with Crippen molar-refractivity contribution in [1.29, 1.82) is 0 Å². The molecule has 0 saturated carbocycles. The van der Waals surface area contributed by atoms with Crippen LogP contribution in [0.4, 0.5) is 4.79 Å². The number of imide groups is 1. The van der Waals surface area contributed by atoms with E-state index in [0.717, 1.165) is 23.3 Å². The summed E-state index contributed by atoms with van der Waals surface area (Å²) in [5.74, 6) is -0.767. The molecule has 1 aliphatic rings. The highest BCUT2D eigenvalue weighted by atomic mass is 16.2. The normalized spacial score (nSPS) is 17.6. The number of carbonyl (C=O) groups excluding carboxylic acids is 3. The number of nitrogens with zero attached hydrogens (tertiary/aromatic N) is 1. The lowest BCUT2D eigenvalue weighted by Gasteiger charge is -2.27. The van der Waals surface area contributed by atoms with E-state index < -0.39 is 17.5 Å². The number of nitrogens with one attached hydrogen (secondary N) is 2. The zero-order chi connectivity index (χ0) is 23.1. The molecule has 3 aromatic rings. The van der Waals surface area contributed by atoms with Crippen molar-refractivity contribution in [3.8, 4) is 0 Å². The van der Waals surface area contributed by atoms with Crippen LogP contribution in [0.1, 0.15) is 23.1 Å². The second-order valence-electron chi connectivity index (χ2n) is 8.19. The van der Waals surface area contributed by atoms with Crippen LogP contribution in [0.2, 0.25) is 0 Å². The summed E-state index contributed by atoms with van der Waals surface area (Å²) in [6, 6.07) is 28.2. The number of hydrogen-bond donors (Lipinski definition) is 2. The van der Waals surface area contributed by atoms with Gasteiger partial charge in [0.2, 0.25) is 5.91 Å². The summed E-state index contributed by atoms with van der Waals surface area (Å²) in [6.07, 6.45) is 1.92. The van der Waals surface area contributed by atoms with Gasteiger partial charge in [-0.1, -0.05) is 91.0 Å². The largest absolute Gasteiger partial charge is 0.355 e. The van der Waals surface area contributed by atoms with E-state index in [0.29, 0.717) is 18.5 Å². The molecule has 0 aliphatic carbocycles. The molecular weight excluding hydrogens is 414 g/mol. The number of amides is 4. The quantitative estimate of drug-likeness (QED) is 0.395. The molecule has 1 heterocycles. The molecule has 6 heteroatoms. The van der Waals surface area contributed by atoms with Crippen LogP contribution in [-0.4, -0.2) is 35.8 Å². The fraction of sp³-hybridized carbons (Fsp3) is 0.222. The zero-order valence-corrected chi connectivity index (χ0v) is 18.4. The highest BCUT2D eigenvalue weighted by Crippen LogP contribution is 2.32. The van der Waals surface area contributed by atoms with Gasteiger partial charge >= 0.3 is 6.03 Å². The molecule has 4 rings (SSSR count). The summed E-state index contributed by atoms with van der Waals surface area (Å²) in [6.45, 7) is 0.171. The third kappa shape index (κ3) is 5.12. The number of benzene rings is 3. The first kappa shape index (κ1) is 22.3. The topological polar surface area (TPSA) is 78.5 Å². The Morgan fingerprint density at radius 3 is 2.03 bits per heavy atom. The van der Waals surface area contributed by atoms with Crippen molar-refractivity contribution >= 4 is 17.8 Å². The second kappa shape index (κ2) is 10.1. The van der Waals surface area contributed by atoms with Gasteiger partial charge in [-0.2, -0.15) is 0 Å². The van der Waals surface area contributed by atoms with Crippen molar-refractivity contribution in [3.63, 3.8) is 0 Å². The Balaban J connectivity index is 1.43. The standard InChI is InChI=1S/C27H27N3O3/c31-24(28-18-10-15-21-11-4-1-5-12-21)20-30-25(32)27(29-26(30)33,23-16-8-3-9-17-23)19-22-13-6-2-7-14-22/h1-9,11-14,16-17H,10,15,18-20H2,(H,28,31)(H,29,33)/t27-/m1/s1. The van der Waals surface area contributed by atoms with Gasteiger partial charge < -0.3 is 10.6 Å². The molecule has 0 unspecified atom stereocenters. The predicted octanol–water partition coefficient (Wildman–Crippen LogP) is 3.43. The average Bonchev–Trinajstić information content (AvgIpc) is 3.08. The molecule has 0 spiro atoms. The minimum absolute atomic E-state index is 0.303. The molecule has 1 atom stereocenters. The second-order valence-corrected chi connectivity index (χ2v) is 8.19. The lowest BCUT2D eigenvalue weighted by Crippen LogP contribution is -2.47. The average molecular weight is 442 g/mol. The number of rotatable bonds is 9. The van der Waals surface area contributed by atoms with Crippen molar-refractivity contribution in [1.82, 2.24) is 15.5 Å². The molecule has 0 bridgehead atoms. The van der Waals surface area contributed by atoms with Crippen LogP contribution in [0.3, 0.4) is 0 Å². The molecular formula is C27H27N3O3. The van der Waals surface area contributed by atoms with Crippen molar-refractivity contribution in [2.24, 2.45) is 0 Å². The van der Waals surface area contributed by atoms with Crippen molar-refractivity contribution in [2.45, 2.75) is 24.8 Å². The van der Waals surface area contributed by atoms with Gasteiger partial charge in [0.15, 0.2) is 5.54 Å². The monoisotopic (exact) mass is 441 g/mol. The van der Waals surface area contributed by atoms with E-state index in [-0.39, 0.29) is 12.5 Å². The molecule has 1 fully saturated rings. The van der Waals surface area contributed by atoms with Gasteiger partial charge in [0, 0.05) is 13.0 Å². The van der Waals surface area contributed by atoms with Crippen LogP contribution < -0.4 is 10.6 Å². The fourth-order valence-electron chi connectivity index (χ4n) is 4.18. The minimum atomic E-state index is -1.24. The smallest absolute Gasteiger partial charge is 0.325 e. The van der Waals surface area contributed by atoms with Crippen molar-refractivity contribution < 1.29 is 14.4 Å². The summed E-state index contributed by atoms with van der Waals surface area (Å²) >= 11 is 0. The van der Waals surface area contributed by atoms with Crippen LogP contribution in [0.5, 0.6) is 0 Å². The molecule has 1 saturated heterocycles. The molecule has 6 nitrogen and oxygen atoms in total. The highest BCUT2D eigenvalue weighted by molar-refractivity contribution is 6.09. The molecule has 4 amide bonds. The molecule has 2 N–H and O–H groups in total. The lowest BCUT2D eigenvalue weighted by atomic mass is 9.83. The van der Waals surface area contributed by atoms with Crippen molar-refractivity contribution in [3.05, 3.63) is 108 Å². The first-order valence-electron chi connectivity index (χ1n) is 11.1. The maximum atomic E-state index is 13.6. The highest BCUT2D eigenvalue weighted by Gasteiger charge is 2.52. The van der Waals surface area contributed by atoms with Crippen LogP contribution in [0, 0.1) is 0 Å². The van der Waals surface area contributed by atoms with Gasteiger partial charge in [-0.3, -0.25) is 14.5 Å². The van der Waals surface area contributed by atoms with E-state index in [4.69, 9.17) is 0 Å². The summed E-state index contributed by atoms with van der Waals surface area (Å²) in [5.41, 5.74) is 1.57. The molecule has 33 heavy (non-hydrogen) atoms. The summed E-state index contributed by atoms with van der Waals surface area (Å²) in [7, 11) is 0. The summed E-state index contributed by atoms with van der Waals surface area (Å²) in [5, 5.41) is 5.71. The van der Waals surface area contributed by atoms with Gasteiger partial charge in [0.05, 0.1) is 0 Å². The van der Waals surface area contributed by atoms with Gasteiger partial charge in [0.25, 0.3) is 5.91 Å². The van der Waals surface area contributed by atoms with Crippen molar-refractivity contribution in [2.75, 3.05) is 13.1 Å². The van der Waals surface area contributed by atoms with Gasteiger partial charge in [0.1, 0.15) is 6.54 Å².